The van der Waals surface area contributed by atoms with Crippen molar-refractivity contribution in [2.24, 2.45) is 16.6 Å². The maximum atomic E-state index is 6.18. The van der Waals surface area contributed by atoms with Crippen LogP contribution in [0.25, 0.3) is 5.69 Å². The molecule has 0 radical (unpaired) electrons. The predicted molar refractivity (Wildman–Crippen MR) is 93.6 cm³/mol. The van der Waals surface area contributed by atoms with Gasteiger partial charge in [-0.1, -0.05) is 25.1 Å². The van der Waals surface area contributed by atoms with Crippen LogP contribution in [-0.4, -0.2) is 33.7 Å². The number of aliphatic imine (C=N–C) groups is 1. The summed E-state index contributed by atoms with van der Waals surface area (Å²) >= 11 is 0. The number of aryl methyl sites for hydroxylation is 1. The monoisotopic (exact) mass is 311 g/mol. The first-order chi connectivity index (χ1) is 11.1. The van der Waals surface area contributed by atoms with Crippen LogP contribution in [0.2, 0.25) is 0 Å². The van der Waals surface area contributed by atoms with Gasteiger partial charge in [-0.15, -0.1) is 0 Å². The lowest BCUT2D eigenvalue weighted by Crippen LogP contribution is -2.43. The smallest absolute Gasteiger partial charge is 0.191 e. The molecule has 23 heavy (non-hydrogen) atoms. The van der Waals surface area contributed by atoms with Gasteiger partial charge < -0.3 is 10.6 Å². The van der Waals surface area contributed by atoms with Crippen molar-refractivity contribution in [2.75, 3.05) is 13.1 Å². The maximum Gasteiger partial charge on any atom is 0.191 e. The average molecular weight is 311 g/mol. The summed E-state index contributed by atoms with van der Waals surface area (Å²) in [7, 11) is 0. The van der Waals surface area contributed by atoms with E-state index in [9.17, 15) is 0 Å². The molecule has 1 aliphatic rings. The van der Waals surface area contributed by atoms with Crippen molar-refractivity contribution < 1.29 is 0 Å². The third-order valence-electron chi connectivity index (χ3n) is 4.41. The molecule has 1 fully saturated rings. The Morgan fingerprint density at radius 1 is 1.35 bits per heavy atom. The fourth-order valence-corrected chi connectivity index (χ4v) is 3.03. The topological polar surface area (TPSA) is 59.4 Å². The molecule has 5 nitrogen and oxygen atoms in total. The first-order valence-corrected chi connectivity index (χ1v) is 8.29. The zero-order valence-corrected chi connectivity index (χ0v) is 13.9. The second-order valence-corrected chi connectivity index (χ2v) is 6.39. The number of hydrogen-bond acceptors (Lipinski definition) is 2. The van der Waals surface area contributed by atoms with Crippen molar-refractivity contribution in [2.45, 2.75) is 33.2 Å². The quantitative estimate of drug-likeness (QED) is 0.700. The predicted octanol–water partition coefficient (Wildman–Crippen LogP) is 2.73. The lowest BCUT2D eigenvalue weighted by molar-refractivity contribution is 0.270. The fourth-order valence-electron chi connectivity index (χ4n) is 3.03. The van der Waals surface area contributed by atoms with Crippen LogP contribution in [0, 0.1) is 12.8 Å². The molecule has 0 bridgehead atoms. The summed E-state index contributed by atoms with van der Waals surface area (Å²) in [6.07, 6.45) is 4.52. The molecule has 2 N–H and O–H groups in total. The van der Waals surface area contributed by atoms with E-state index in [0.29, 0.717) is 18.4 Å². The van der Waals surface area contributed by atoms with E-state index in [2.05, 4.69) is 21.9 Å². The summed E-state index contributed by atoms with van der Waals surface area (Å²) in [5, 5.41) is 4.58. The highest BCUT2D eigenvalue weighted by atomic mass is 15.3. The van der Waals surface area contributed by atoms with Crippen LogP contribution in [0.1, 0.15) is 31.0 Å². The third-order valence-corrected chi connectivity index (χ3v) is 4.41. The van der Waals surface area contributed by atoms with Gasteiger partial charge in [-0.05, 0) is 37.8 Å². The van der Waals surface area contributed by atoms with Crippen LogP contribution in [0.15, 0.2) is 41.5 Å². The third kappa shape index (κ3) is 3.73. The van der Waals surface area contributed by atoms with Crippen LogP contribution < -0.4 is 5.73 Å². The molecule has 2 heterocycles. The van der Waals surface area contributed by atoms with Crippen molar-refractivity contribution >= 4 is 5.96 Å². The minimum atomic E-state index is 0.579. The molecule has 1 aliphatic heterocycles. The molecule has 0 saturated carbocycles. The summed E-state index contributed by atoms with van der Waals surface area (Å²) in [6.45, 7) is 6.89. The Kier molecular flexibility index (Phi) is 4.65. The van der Waals surface area contributed by atoms with E-state index in [1.54, 1.807) is 0 Å². The van der Waals surface area contributed by atoms with Gasteiger partial charge in [0, 0.05) is 24.8 Å². The number of rotatable bonds is 3. The molecule has 122 valence electrons. The standard InChI is InChI=1S/C18H25N5/c1-14-7-6-10-22(12-14)18(19)20-11-16-13-23(21-15(16)2)17-8-4-3-5-9-17/h3-5,8-9,13-14H,6-7,10-12H2,1-2H3,(H2,19,20). The number of aromatic nitrogens is 2. The SMILES string of the molecule is Cc1nn(-c2ccccc2)cc1CN=C(N)N1CCCC(C)C1. The number of nitrogens with two attached hydrogens (primary N) is 1. The van der Waals surface area contributed by atoms with Gasteiger partial charge in [-0.25, -0.2) is 9.67 Å². The number of benzene rings is 1. The number of hydrogen-bond donors (Lipinski definition) is 1. The van der Waals surface area contributed by atoms with Gasteiger partial charge in [-0.3, -0.25) is 0 Å². The van der Waals surface area contributed by atoms with Gasteiger partial charge in [0.25, 0.3) is 0 Å². The normalized spacial score (nSPS) is 19.1. The molecule has 2 aromatic rings. The summed E-state index contributed by atoms with van der Waals surface area (Å²) in [6, 6.07) is 10.1. The summed E-state index contributed by atoms with van der Waals surface area (Å²) in [4.78, 5) is 6.79. The lowest BCUT2D eigenvalue weighted by Gasteiger charge is -2.31. The largest absolute Gasteiger partial charge is 0.370 e. The molecule has 1 unspecified atom stereocenters. The molecule has 0 aliphatic carbocycles. The van der Waals surface area contributed by atoms with E-state index in [1.807, 2.05) is 48.1 Å². The average Bonchev–Trinajstić information content (AvgIpc) is 2.94. The van der Waals surface area contributed by atoms with Gasteiger partial charge >= 0.3 is 0 Å². The van der Waals surface area contributed by atoms with E-state index >= 15 is 0 Å². The highest BCUT2D eigenvalue weighted by Crippen LogP contribution is 2.16. The van der Waals surface area contributed by atoms with Crippen LogP contribution >= 0.6 is 0 Å². The Balaban J connectivity index is 1.70. The second-order valence-electron chi connectivity index (χ2n) is 6.39. The zero-order valence-electron chi connectivity index (χ0n) is 13.9. The van der Waals surface area contributed by atoms with Gasteiger partial charge in [0.05, 0.1) is 17.9 Å². The first kappa shape index (κ1) is 15.6. The minimum absolute atomic E-state index is 0.579. The van der Waals surface area contributed by atoms with Crippen molar-refractivity contribution in [3.05, 3.63) is 47.8 Å². The van der Waals surface area contributed by atoms with Crippen LogP contribution in [0.3, 0.4) is 0 Å². The number of likely N-dealkylation sites (tertiary alicyclic amines) is 1. The molecule has 0 amide bonds. The molecular weight excluding hydrogens is 286 g/mol. The second kappa shape index (κ2) is 6.86. The van der Waals surface area contributed by atoms with Gasteiger partial charge in [0.1, 0.15) is 0 Å². The molecule has 0 spiro atoms. The highest BCUT2D eigenvalue weighted by molar-refractivity contribution is 5.78. The van der Waals surface area contributed by atoms with Crippen molar-refractivity contribution in [1.82, 2.24) is 14.7 Å². The van der Waals surface area contributed by atoms with Crippen molar-refractivity contribution in [3.63, 3.8) is 0 Å². The first-order valence-electron chi connectivity index (χ1n) is 8.29. The van der Waals surface area contributed by atoms with Crippen molar-refractivity contribution in [1.29, 1.82) is 0 Å². The van der Waals surface area contributed by atoms with E-state index in [-0.39, 0.29) is 0 Å². The number of piperidine rings is 1. The summed E-state index contributed by atoms with van der Waals surface area (Å²) < 4.78 is 1.90. The molecule has 5 heteroatoms. The Morgan fingerprint density at radius 3 is 2.87 bits per heavy atom. The highest BCUT2D eigenvalue weighted by Gasteiger charge is 2.17. The molecule has 1 aromatic heterocycles. The molecule has 1 saturated heterocycles. The summed E-state index contributed by atoms with van der Waals surface area (Å²) in [5.41, 5.74) is 9.34. The Bertz CT molecular complexity index is 674. The van der Waals surface area contributed by atoms with Gasteiger partial charge in [0.2, 0.25) is 0 Å². The van der Waals surface area contributed by atoms with E-state index in [0.717, 1.165) is 30.0 Å². The van der Waals surface area contributed by atoms with E-state index < -0.39 is 0 Å². The zero-order chi connectivity index (χ0) is 16.2. The Morgan fingerprint density at radius 2 is 2.13 bits per heavy atom. The lowest BCUT2D eigenvalue weighted by atomic mass is 10.0. The summed E-state index contributed by atoms with van der Waals surface area (Å²) in [5.74, 6) is 1.35. The van der Waals surface area contributed by atoms with Gasteiger partial charge in [0.15, 0.2) is 5.96 Å². The van der Waals surface area contributed by atoms with Crippen LogP contribution in [0.4, 0.5) is 0 Å². The maximum absolute atomic E-state index is 6.18. The molecule has 3 rings (SSSR count). The minimum Gasteiger partial charge on any atom is -0.370 e. The van der Waals surface area contributed by atoms with Gasteiger partial charge in [-0.2, -0.15) is 5.10 Å². The molecule has 1 atom stereocenters. The molecular formula is C18H25N5. The number of guanidine groups is 1. The molecule has 1 aromatic carbocycles. The number of para-hydroxylation sites is 1. The number of nitrogens with zero attached hydrogens (tertiary/aromatic N) is 4. The fraction of sp³-hybridized carbons (Fsp3) is 0.444. The van der Waals surface area contributed by atoms with Crippen molar-refractivity contribution in [3.8, 4) is 5.69 Å². The Hall–Kier alpha value is -2.30. The van der Waals surface area contributed by atoms with Crippen LogP contribution in [0.5, 0.6) is 0 Å². The Labute approximate surface area is 137 Å². The van der Waals surface area contributed by atoms with Crippen LogP contribution in [-0.2, 0) is 6.54 Å². The van der Waals surface area contributed by atoms with E-state index in [4.69, 9.17) is 5.73 Å². The van der Waals surface area contributed by atoms with E-state index in [1.165, 1.54) is 12.8 Å².